The first-order chi connectivity index (χ1) is 17.5. The molecule has 36 heavy (non-hydrogen) atoms. The van der Waals surface area contributed by atoms with Gasteiger partial charge in [-0.25, -0.2) is 0 Å². The van der Waals surface area contributed by atoms with Crippen molar-refractivity contribution in [1.29, 1.82) is 0 Å². The lowest BCUT2D eigenvalue weighted by Crippen LogP contribution is -2.34. The van der Waals surface area contributed by atoms with Crippen LogP contribution in [-0.2, 0) is 24.2 Å². The summed E-state index contributed by atoms with van der Waals surface area (Å²) in [7, 11) is 1.44. The summed E-state index contributed by atoms with van der Waals surface area (Å²) < 4.78 is 12.4. The third kappa shape index (κ3) is 5.87. The van der Waals surface area contributed by atoms with Crippen molar-refractivity contribution >= 4 is 11.8 Å². The van der Waals surface area contributed by atoms with Gasteiger partial charge in [-0.2, -0.15) is 0 Å². The van der Waals surface area contributed by atoms with Gasteiger partial charge in [0.05, 0.1) is 19.4 Å². The summed E-state index contributed by atoms with van der Waals surface area (Å²) in [6, 6.07) is 14.8. The number of hydrogen-bond acceptors (Lipinski definition) is 5. The van der Waals surface area contributed by atoms with Crippen molar-refractivity contribution in [2.24, 2.45) is 0 Å². The number of ether oxygens (including phenoxy) is 1. The van der Waals surface area contributed by atoms with Gasteiger partial charge in [0.25, 0.3) is 11.5 Å². The first-order valence-corrected chi connectivity index (χ1v) is 12.4. The largest absolute Gasteiger partial charge is 0.496 e. The number of aryl methyl sites for hydroxylation is 1. The molecule has 1 aliphatic rings. The lowest BCUT2D eigenvalue weighted by molar-refractivity contribution is -0.131. The molecule has 0 fully saturated rings. The van der Waals surface area contributed by atoms with Crippen LogP contribution < -0.4 is 15.6 Å². The third-order valence-corrected chi connectivity index (χ3v) is 6.66. The number of benzene rings is 1. The van der Waals surface area contributed by atoms with Crippen molar-refractivity contribution < 1.29 is 18.7 Å². The molecule has 1 atom stereocenters. The summed E-state index contributed by atoms with van der Waals surface area (Å²) in [6.45, 7) is 3.04. The van der Waals surface area contributed by atoms with E-state index in [0.717, 1.165) is 19.3 Å². The Balaban J connectivity index is 1.43. The van der Waals surface area contributed by atoms with Crippen molar-refractivity contribution in [1.82, 2.24) is 14.8 Å². The van der Waals surface area contributed by atoms with Gasteiger partial charge in [0, 0.05) is 44.2 Å². The fourth-order valence-corrected chi connectivity index (χ4v) is 4.69. The first-order valence-electron chi connectivity index (χ1n) is 12.4. The molecule has 0 saturated carbocycles. The van der Waals surface area contributed by atoms with Crippen LogP contribution >= 0.6 is 0 Å². The summed E-state index contributed by atoms with van der Waals surface area (Å²) in [5, 5.41) is 2.94. The van der Waals surface area contributed by atoms with Gasteiger partial charge in [0.15, 0.2) is 0 Å². The Hall–Kier alpha value is -3.81. The number of nitrogens with one attached hydrogen (secondary N) is 1. The molecule has 1 aromatic carbocycles. The predicted molar refractivity (Wildman–Crippen MR) is 136 cm³/mol. The number of nitrogens with zero attached hydrogens (tertiary/aromatic N) is 2. The topological polar surface area (TPSA) is 93.8 Å². The molecule has 8 heteroatoms. The lowest BCUT2D eigenvalue weighted by Gasteiger charge is -2.20. The Bertz CT molecular complexity index is 1230. The van der Waals surface area contributed by atoms with Crippen LogP contribution in [0.25, 0.3) is 0 Å². The molecule has 3 heterocycles. The highest BCUT2D eigenvalue weighted by Crippen LogP contribution is 2.24. The predicted octanol–water partition coefficient (Wildman–Crippen LogP) is 3.74. The number of amides is 2. The number of furan rings is 1. The molecular formula is C28H33N3O5. The monoisotopic (exact) mass is 491 g/mol. The number of methoxy groups -OCH3 is 1. The Labute approximate surface area is 210 Å². The molecule has 8 nitrogen and oxygen atoms in total. The second kappa shape index (κ2) is 11.7. The van der Waals surface area contributed by atoms with E-state index in [2.05, 4.69) is 17.4 Å². The molecular weight excluding hydrogens is 458 g/mol. The van der Waals surface area contributed by atoms with Gasteiger partial charge >= 0.3 is 0 Å². The highest BCUT2D eigenvalue weighted by molar-refractivity contribution is 5.98. The molecule has 4 rings (SSSR count). The number of hydrogen-bond donors (Lipinski definition) is 1. The van der Waals surface area contributed by atoms with E-state index in [1.54, 1.807) is 27.9 Å². The number of carbonyl (C=O) groups excluding carboxylic acids is 2. The van der Waals surface area contributed by atoms with Crippen molar-refractivity contribution in [3.8, 4) is 5.75 Å². The van der Waals surface area contributed by atoms with E-state index in [9.17, 15) is 14.4 Å². The normalized spacial score (nSPS) is 14.0. The molecule has 2 amide bonds. The van der Waals surface area contributed by atoms with Crippen molar-refractivity contribution in [2.75, 3.05) is 20.2 Å². The molecule has 190 valence electrons. The van der Waals surface area contributed by atoms with Crippen molar-refractivity contribution in [3.63, 3.8) is 0 Å². The van der Waals surface area contributed by atoms with Gasteiger partial charge in [-0.15, -0.1) is 0 Å². The highest BCUT2D eigenvalue weighted by Gasteiger charge is 2.27. The van der Waals surface area contributed by atoms with Crippen LogP contribution in [0.3, 0.4) is 0 Å². The Kier molecular flexibility index (Phi) is 8.25. The van der Waals surface area contributed by atoms with E-state index in [0.29, 0.717) is 49.5 Å². The van der Waals surface area contributed by atoms with Crippen molar-refractivity contribution in [2.45, 2.75) is 51.6 Å². The van der Waals surface area contributed by atoms with Gasteiger partial charge in [0.1, 0.15) is 17.1 Å². The van der Waals surface area contributed by atoms with Crippen LogP contribution in [0, 0.1) is 0 Å². The first kappa shape index (κ1) is 25.3. The maximum absolute atomic E-state index is 13.3. The molecule has 2 aromatic heterocycles. The molecule has 3 aromatic rings. The molecule has 0 aliphatic carbocycles. The van der Waals surface area contributed by atoms with E-state index in [-0.39, 0.29) is 29.2 Å². The Morgan fingerprint density at radius 2 is 1.89 bits per heavy atom. The smallest absolute Gasteiger partial charge is 0.257 e. The van der Waals surface area contributed by atoms with Crippen molar-refractivity contribution in [3.05, 3.63) is 87.7 Å². The van der Waals surface area contributed by atoms with Gasteiger partial charge < -0.3 is 23.9 Å². The highest BCUT2D eigenvalue weighted by atomic mass is 16.5. The molecule has 0 spiro atoms. The van der Waals surface area contributed by atoms with Gasteiger partial charge in [-0.1, -0.05) is 30.3 Å². The average molecular weight is 492 g/mol. The fourth-order valence-electron chi connectivity index (χ4n) is 4.69. The second-order valence-corrected chi connectivity index (χ2v) is 9.06. The Morgan fingerprint density at radius 3 is 2.61 bits per heavy atom. The number of fused-ring (bicyclic) bond motifs is 1. The van der Waals surface area contributed by atoms with Crippen LogP contribution in [0.1, 0.15) is 59.6 Å². The number of unbranched alkanes of at least 4 members (excludes halogenated alkanes) is 1. The molecule has 0 bridgehead atoms. The van der Waals surface area contributed by atoms with E-state index >= 15 is 0 Å². The van der Waals surface area contributed by atoms with E-state index in [1.807, 2.05) is 25.1 Å². The Morgan fingerprint density at radius 1 is 1.08 bits per heavy atom. The van der Waals surface area contributed by atoms with Crippen LogP contribution in [-0.4, -0.2) is 41.5 Å². The molecule has 0 radical (unpaired) electrons. The number of rotatable bonds is 9. The van der Waals surface area contributed by atoms with Gasteiger partial charge in [-0.3, -0.25) is 14.4 Å². The fraction of sp³-hybridized carbons (Fsp3) is 0.393. The zero-order valence-corrected chi connectivity index (χ0v) is 20.9. The third-order valence-electron chi connectivity index (χ3n) is 6.66. The molecule has 0 saturated heterocycles. The summed E-state index contributed by atoms with van der Waals surface area (Å²) in [5.74, 6) is 0.593. The van der Waals surface area contributed by atoms with Crippen LogP contribution in [0.15, 0.2) is 64.0 Å². The minimum atomic E-state index is -0.357. The summed E-state index contributed by atoms with van der Waals surface area (Å²) in [6.07, 6.45) is 5.11. The maximum atomic E-state index is 13.3. The second-order valence-electron chi connectivity index (χ2n) is 9.06. The minimum absolute atomic E-state index is 0.0772. The van der Waals surface area contributed by atoms with Gasteiger partial charge in [0.2, 0.25) is 5.91 Å². The molecule has 0 unspecified atom stereocenters. The average Bonchev–Trinajstić information content (AvgIpc) is 3.34. The molecule has 1 N–H and O–H groups in total. The summed E-state index contributed by atoms with van der Waals surface area (Å²) >= 11 is 0. The minimum Gasteiger partial charge on any atom is -0.496 e. The summed E-state index contributed by atoms with van der Waals surface area (Å²) in [4.78, 5) is 40.9. The van der Waals surface area contributed by atoms with Crippen LogP contribution in [0.2, 0.25) is 0 Å². The van der Waals surface area contributed by atoms with E-state index in [1.165, 1.54) is 18.7 Å². The van der Waals surface area contributed by atoms with Gasteiger partial charge in [-0.05, 0) is 43.9 Å². The number of pyridine rings is 1. The van der Waals surface area contributed by atoms with Crippen LogP contribution in [0.5, 0.6) is 5.75 Å². The molecule has 1 aliphatic heterocycles. The maximum Gasteiger partial charge on any atom is 0.257 e. The summed E-state index contributed by atoms with van der Waals surface area (Å²) in [5.41, 5.74) is 1.95. The quantitative estimate of drug-likeness (QED) is 0.460. The lowest BCUT2D eigenvalue weighted by atomic mass is 10.1. The zero-order valence-electron chi connectivity index (χ0n) is 20.9. The zero-order chi connectivity index (χ0) is 25.5. The van der Waals surface area contributed by atoms with Crippen LogP contribution in [0.4, 0.5) is 0 Å². The van der Waals surface area contributed by atoms with E-state index < -0.39 is 0 Å². The number of aromatic nitrogens is 1. The SMILES string of the molecule is COc1cc(=O)n2c(c1C(=O)N[C@@H](C)c1ccco1)CCN(C(=O)CCCCc1ccccc1)CC2. The standard InChI is InChI=1S/C28H33N3O5/c1-20(23-12-8-18-36-23)29-28(34)27-22-14-15-30(16-17-31(22)26(33)19-24(27)35-2)25(32)13-7-6-11-21-9-4-3-5-10-21/h3-5,8-10,12,18-20H,6-7,11,13-17H2,1-2H3,(H,29,34)/t20-/m0/s1. The van der Waals surface area contributed by atoms with E-state index in [4.69, 9.17) is 9.15 Å². The number of carbonyl (C=O) groups is 2.